The number of carboxylic acids is 1. The lowest BCUT2D eigenvalue weighted by molar-refractivity contribution is -0.148. The van der Waals surface area contributed by atoms with Gasteiger partial charge in [0.25, 0.3) is 0 Å². The van der Waals surface area contributed by atoms with Crippen LogP contribution in [0.2, 0.25) is 0 Å². The molecule has 0 unspecified atom stereocenters. The van der Waals surface area contributed by atoms with Gasteiger partial charge in [0, 0.05) is 20.3 Å². The first-order valence-electron chi connectivity index (χ1n) is 7.24. The van der Waals surface area contributed by atoms with Crippen molar-refractivity contribution in [2.75, 3.05) is 33.5 Å². The summed E-state index contributed by atoms with van der Waals surface area (Å²) in [6.45, 7) is 2.20. The zero-order valence-electron chi connectivity index (χ0n) is 12.1. The van der Waals surface area contributed by atoms with Gasteiger partial charge in [-0.1, -0.05) is 12.8 Å². The molecular formula is C14H25NO5. The Hall–Kier alpha value is -1.14. The highest BCUT2D eigenvalue weighted by Crippen LogP contribution is 2.30. The third-order valence-electron chi connectivity index (χ3n) is 3.62. The van der Waals surface area contributed by atoms with Crippen molar-refractivity contribution >= 4 is 11.9 Å². The van der Waals surface area contributed by atoms with Crippen LogP contribution in [0.1, 0.15) is 32.1 Å². The second-order valence-corrected chi connectivity index (χ2v) is 5.09. The number of carboxylic acid groups (broad SMARTS) is 1. The Balaban J connectivity index is 2.19. The Labute approximate surface area is 119 Å². The van der Waals surface area contributed by atoms with E-state index in [4.69, 9.17) is 14.6 Å². The number of hydrogen-bond acceptors (Lipinski definition) is 4. The molecule has 1 aliphatic rings. The molecule has 1 rings (SSSR count). The molecule has 0 bridgehead atoms. The molecule has 20 heavy (non-hydrogen) atoms. The first-order chi connectivity index (χ1) is 9.66. The van der Waals surface area contributed by atoms with Gasteiger partial charge in [-0.05, 0) is 19.3 Å². The quantitative estimate of drug-likeness (QED) is 0.619. The molecule has 0 radical (unpaired) electrons. The molecule has 0 aromatic carbocycles. The van der Waals surface area contributed by atoms with Crippen LogP contribution in [-0.4, -0.2) is 50.5 Å². The fourth-order valence-electron chi connectivity index (χ4n) is 2.50. The molecule has 0 heterocycles. The highest BCUT2D eigenvalue weighted by atomic mass is 16.5. The molecule has 116 valence electrons. The molecule has 0 saturated heterocycles. The lowest BCUT2D eigenvalue weighted by Gasteiger charge is -2.27. The van der Waals surface area contributed by atoms with Crippen LogP contribution in [0.3, 0.4) is 0 Å². The fraction of sp³-hybridized carbons (Fsp3) is 0.857. The van der Waals surface area contributed by atoms with E-state index < -0.39 is 11.9 Å². The number of amides is 1. The van der Waals surface area contributed by atoms with E-state index >= 15 is 0 Å². The molecule has 0 spiro atoms. The van der Waals surface area contributed by atoms with Gasteiger partial charge in [0.1, 0.15) is 0 Å². The van der Waals surface area contributed by atoms with Crippen molar-refractivity contribution in [2.45, 2.75) is 32.1 Å². The number of ether oxygens (including phenoxy) is 2. The van der Waals surface area contributed by atoms with Crippen molar-refractivity contribution in [3.8, 4) is 0 Å². The third kappa shape index (κ3) is 5.88. The van der Waals surface area contributed by atoms with E-state index in [1.807, 2.05) is 0 Å². The smallest absolute Gasteiger partial charge is 0.307 e. The highest BCUT2D eigenvalue weighted by Gasteiger charge is 2.35. The lowest BCUT2D eigenvalue weighted by atomic mass is 9.79. The van der Waals surface area contributed by atoms with Crippen molar-refractivity contribution < 1.29 is 24.2 Å². The van der Waals surface area contributed by atoms with Gasteiger partial charge in [0.05, 0.1) is 25.0 Å². The van der Waals surface area contributed by atoms with Gasteiger partial charge >= 0.3 is 5.97 Å². The van der Waals surface area contributed by atoms with Crippen LogP contribution in [-0.2, 0) is 19.1 Å². The van der Waals surface area contributed by atoms with E-state index in [-0.39, 0.29) is 11.8 Å². The highest BCUT2D eigenvalue weighted by molar-refractivity contribution is 5.84. The zero-order chi connectivity index (χ0) is 14.8. The summed E-state index contributed by atoms with van der Waals surface area (Å²) in [5, 5.41) is 12.0. The van der Waals surface area contributed by atoms with Gasteiger partial charge in [-0.2, -0.15) is 0 Å². The summed E-state index contributed by atoms with van der Waals surface area (Å²) in [7, 11) is 1.62. The van der Waals surface area contributed by atoms with E-state index in [1.54, 1.807) is 7.11 Å². The van der Waals surface area contributed by atoms with Crippen LogP contribution < -0.4 is 5.32 Å². The standard InChI is InChI=1S/C14H25NO5/c1-19-9-10-20-8-4-7-15-13(16)11-5-2-3-6-12(11)14(17)18/h11-12H,2-10H2,1H3,(H,15,16)(H,17,18)/t11-,12+/m1/s1. The van der Waals surface area contributed by atoms with Gasteiger partial charge < -0.3 is 19.9 Å². The minimum atomic E-state index is -0.854. The van der Waals surface area contributed by atoms with E-state index in [0.29, 0.717) is 39.2 Å². The molecule has 6 nitrogen and oxygen atoms in total. The molecule has 6 heteroatoms. The summed E-state index contributed by atoms with van der Waals surface area (Å²) in [6.07, 6.45) is 3.83. The lowest BCUT2D eigenvalue weighted by Crippen LogP contribution is -2.40. The second-order valence-electron chi connectivity index (χ2n) is 5.09. The Morgan fingerprint density at radius 2 is 1.85 bits per heavy atom. The van der Waals surface area contributed by atoms with Gasteiger partial charge in [-0.3, -0.25) is 9.59 Å². The van der Waals surface area contributed by atoms with Crippen LogP contribution in [0.4, 0.5) is 0 Å². The fourth-order valence-corrected chi connectivity index (χ4v) is 2.50. The Kier molecular flexibility index (Phi) is 8.22. The monoisotopic (exact) mass is 287 g/mol. The second kappa shape index (κ2) is 9.72. The summed E-state index contributed by atoms with van der Waals surface area (Å²) in [5.41, 5.74) is 0. The Morgan fingerprint density at radius 3 is 2.50 bits per heavy atom. The number of methoxy groups -OCH3 is 1. The molecule has 1 fully saturated rings. The van der Waals surface area contributed by atoms with Gasteiger partial charge in [-0.15, -0.1) is 0 Å². The predicted octanol–water partition coefficient (Wildman–Crippen LogP) is 1.05. The van der Waals surface area contributed by atoms with Gasteiger partial charge in [0.15, 0.2) is 0 Å². The molecule has 1 saturated carbocycles. The molecular weight excluding hydrogens is 262 g/mol. The predicted molar refractivity (Wildman–Crippen MR) is 73.4 cm³/mol. The number of hydrogen-bond donors (Lipinski definition) is 2. The maximum atomic E-state index is 12.0. The van der Waals surface area contributed by atoms with Crippen LogP contribution in [0.5, 0.6) is 0 Å². The summed E-state index contributed by atoms with van der Waals surface area (Å²) in [4.78, 5) is 23.1. The first-order valence-corrected chi connectivity index (χ1v) is 7.24. The minimum absolute atomic E-state index is 0.131. The summed E-state index contributed by atoms with van der Waals surface area (Å²) in [6, 6.07) is 0. The Morgan fingerprint density at radius 1 is 1.15 bits per heavy atom. The van der Waals surface area contributed by atoms with E-state index in [2.05, 4.69) is 5.32 Å². The topological polar surface area (TPSA) is 84.9 Å². The van der Waals surface area contributed by atoms with E-state index in [1.165, 1.54) is 0 Å². The average Bonchev–Trinajstić information content (AvgIpc) is 2.46. The molecule has 0 aromatic rings. The largest absolute Gasteiger partial charge is 0.481 e. The van der Waals surface area contributed by atoms with Crippen LogP contribution in [0, 0.1) is 11.8 Å². The molecule has 2 atom stereocenters. The number of carbonyl (C=O) groups excluding carboxylic acids is 1. The molecule has 0 aliphatic heterocycles. The summed E-state index contributed by atoms with van der Waals surface area (Å²) < 4.78 is 10.1. The number of carbonyl (C=O) groups is 2. The maximum absolute atomic E-state index is 12.0. The van der Waals surface area contributed by atoms with Crippen LogP contribution >= 0.6 is 0 Å². The zero-order valence-corrected chi connectivity index (χ0v) is 12.1. The van der Waals surface area contributed by atoms with E-state index in [0.717, 1.165) is 19.3 Å². The van der Waals surface area contributed by atoms with Crippen molar-refractivity contribution in [3.05, 3.63) is 0 Å². The van der Waals surface area contributed by atoms with Gasteiger partial charge in [0.2, 0.25) is 5.91 Å². The van der Waals surface area contributed by atoms with Crippen molar-refractivity contribution in [1.29, 1.82) is 0 Å². The molecule has 2 N–H and O–H groups in total. The number of nitrogens with one attached hydrogen (secondary N) is 1. The normalized spacial score (nSPS) is 22.4. The summed E-state index contributed by atoms with van der Waals surface area (Å²) in [5.74, 6) is -1.89. The van der Waals surface area contributed by atoms with E-state index in [9.17, 15) is 9.59 Å². The first kappa shape index (κ1) is 16.9. The van der Waals surface area contributed by atoms with Crippen molar-refractivity contribution in [1.82, 2.24) is 5.32 Å². The van der Waals surface area contributed by atoms with Gasteiger partial charge in [-0.25, -0.2) is 0 Å². The van der Waals surface area contributed by atoms with Crippen LogP contribution in [0.15, 0.2) is 0 Å². The van der Waals surface area contributed by atoms with Crippen molar-refractivity contribution in [3.63, 3.8) is 0 Å². The molecule has 1 amide bonds. The number of aliphatic carboxylic acids is 1. The minimum Gasteiger partial charge on any atom is -0.481 e. The Bertz CT molecular complexity index is 308. The van der Waals surface area contributed by atoms with Crippen LogP contribution in [0.25, 0.3) is 0 Å². The maximum Gasteiger partial charge on any atom is 0.307 e. The molecule has 1 aliphatic carbocycles. The number of rotatable bonds is 9. The average molecular weight is 287 g/mol. The SMILES string of the molecule is COCCOCCCNC(=O)[C@@H]1CCCC[C@@H]1C(=O)O. The third-order valence-corrected chi connectivity index (χ3v) is 3.62. The van der Waals surface area contributed by atoms with Crippen molar-refractivity contribution in [2.24, 2.45) is 11.8 Å². The summed E-state index contributed by atoms with van der Waals surface area (Å²) >= 11 is 0. The molecule has 0 aromatic heterocycles.